The van der Waals surface area contributed by atoms with Crippen LogP contribution in [0.5, 0.6) is 0 Å². The van der Waals surface area contributed by atoms with E-state index < -0.39 is 5.97 Å². The molecule has 94 valence electrons. The Morgan fingerprint density at radius 3 is 2.83 bits per heavy atom. The Hall–Kier alpha value is -2.08. The molecule has 0 atom stereocenters. The maximum absolute atomic E-state index is 11.6. The van der Waals surface area contributed by atoms with Gasteiger partial charge in [0, 0.05) is 10.9 Å². The Kier molecular flexibility index (Phi) is 3.47. The molecule has 1 amide bonds. The van der Waals surface area contributed by atoms with Crippen molar-refractivity contribution in [1.29, 1.82) is 0 Å². The first-order valence-electron chi connectivity index (χ1n) is 5.21. The average molecular weight is 265 g/mol. The molecule has 2 N–H and O–H groups in total. The summed E-state index contributed by atoms with van der Waals surface area (Å²) in [6.45, 7) is 1.75. The molecule has 2 rings (SSSR count). The Balaban J connectivity index is 2.01. The number of carbonyl (C=O) groups excluding carboxylic acids is 1. The largest absolute Gasteiger partial charge is 0.478 e. The summed E-state index contributed by atoms with van der Waals surface area (Å²) in [6.07, 6.45) is 0. The van der Waals surface area contributed by atoms with Gasteiger partial charge >= 0.3 is 5.97 Å². The molecule has 0 aromatic carbocycles. The van der Waals surface area contributed by atoms with Crippen LogP contribution in [-0.2, 0) is 6.54 Å². The summed E-state index contributed by atoms with van der Waals surface area (Å²) >= 11 is 1.44. The van der Waals surface area contributed by atoms with E-state index >= 15 is 0 Å². The number of aryl methyl sites for hydroxylation is 1. The summed E-state index contributed by atoms with van der Waals surface area (Å²) in [7, 11) is 0. The molecular formula is C12H11NO4S. The van der Waals surface area contributed by atoms with E-state index in [2.05, 4.69) is 5.32 Å². The molecule has 6 heteroatoms. The molecule has 0 spiro atoms. The molecule has 2 aromatic rings. The Morgan fingerprint density at radius 2 is 2.28 bits per heavy atom. The minimum atomic E-state index is -1.04. The standard InChI is InChI=1S/C12H11NO4S/c1-7-10(12(15)16)4-9(17-7)5-13-11(14)8-2-3-18-6-8/h2-4,6H,5H2,1H3,(H,13,14)(H,15,16). The van der Waals surface area contributed by atoms with Crippen molar-refractivity contribution >= 4 is 23.2 Å². The topological polar surface area (TPSA) is 79.5 Å². The highest BCUT2D eigenvalue weighted by Crippen LogP contribution is 2.14. The number of carbonyl (C=O) groups is 2. The third-order valence-corrected chi connectivity index (χ3v) is 3.09. The number of hydrogen-bond donors (Lipinski definition) is 2. The molecule has 18 heavy (non-hydrogen) atoms. The van der Waals surface area contributed by atoms with Crippen LogP contribution in [0, 0.1) is 6.92 Å². The van der Waals surface area contributed by atoms with Crippen LogP contribution in [0.1, 0.15) is 32.2 Å². The van der Waals surface area contributed by atoms with Crippen LogP contribution < -0.4 is 5.32 Å². The van der Waals surface area contributed by atoms with E-state index in [-0.39, 0.29) is 18.0 Å². The number of rotatable bonds is 4. The van der Waals surface area contributed by atoms with Gasteiger partial charge in [-0.3, -0.25) is 4.79 Å². The molecule has 0 aliphatic heterocycles. The van der Waals surface area contributed by atoms with E-state index in [4.69, 9.17) is 9.52 Å². The van der Waals surface area contributed by atoms with E-state index in [1.807, 2.05) is 5.38 Å². The fraction of sp³-hybridized carbons (Fsp3) is 0.167. The smallest absolute Gasteiger partial charge is 0.339 e. The molecule has 0 saturated heterocycles. The lowest BCUT2D eigenvalue weighted by molar-refractivity contribution is 0.0694. The zero-order valence-electron chi connectivity index (χ0n) is 9.60. The minimum absolute atomic E-state index is 0.120. The number of hydrogen-bond acceptors (Lipinski definition) is 4. The van der Waals surface area contributed by atoms with Gasteiger partial charge in [-0.25, -0.2) is 4.79 Å². The lowest BCUT2D eigenvalue weighted by Crippen LogP contribution is -2.21. The highest BCUT2D eigenvalue weighted by Gasteiger charge is 2.14. The number of thiophene rings is 1. The van der Waals surface area contributed by atoms with Crippen LogP contribution in [0.2, 0.25) is 0 Å². The van der Waals surface area contributed by atoms with Crippen LogP contribution in [0.3, 0.4) is 0 Å². The SMILES string of the molecule is Cc1oc(CNC(=O)c2ccsc2)cc1C(=O)O. The van der Waals surface area contributed by atoms with E-state index in [1.54, 1.807) is 18.4 Å². The minimum Gasteiger partial charge on any atom is -0.478 e. The second-order valence-electron chi connectivity index (χ2n) is 3.68. The predicted molar refractivity (Wildman–Crippen MR) is 65.9 cm³/mol. The summed E-state index contributed by atoms with van der Waals surface area (Å²) < 4.78 is 5.25. The quantitative estimate of drug-likeness (QED) is 0.888. The zero-order valence-corrected chi connectivity index (χ0v) is 10.4. The van der Waals surface area contributed by atoms with Crippen molar-refractivity contribution in [2.24, 2.45) is 0 Å². The Morgan fingerprint density at radius 1 is 1.50 bits per heavy atom. The van der Waals surface area contributed by atoms with Crippen molar-refractivity contribution in [3.8, 4) is 0 Å². The van der Waals surface area contributed by atoms with Crippen LogP contribution in [0.25, 0.3) is 0 Å². The van der Waals surface area contributed by atoms with Crippen molar-refractivity contribution in [2.45, 2.75) is 13.5 Å². The first-order chi connectivity index (χ1) is 8.58. The highest BCUT2D eigenvalue weighted by atomic mass is 32.1. The van der Waals surface area contributed by atoms with Gasteiger partial charge in [-0.05, 0) is 24.4 Å². The van der Waals surface area contributed by atoms with Gasteiger partial charge in [-0.15, -0.1) is 0 Å². The zero-order chi connectivity index (χ0) is 13.1. The van der Waals surface area contributed by atoms with Crippen molar-refractivity contribution < 1.29 is 19.1 Å². The third kappa shape index (κ3) is 2.60. The van der Waals surface area contributed by atoms with Crippen LogP contribution in [0.15, 0.2) is 27.3 Å². The molecule has 0 bridgehead atoms. The third-order valence-electron chi connectivity index (χ3n) is 2.41. The number of carboxylic acid groups (broad SMARTS) is 1. The van der Waals surface area contributed by atoms with Gasteiger partial charge in [0.25, 0.3) is 5.91 Å². The van der Waals surface area contributed by atoms with Gasteiger partial charge in [-0.2, -0.15) is 11.3 Å². The average Bonchev–Trinajstić information content (AvgIpc) is 2.94. The molecular weight excluding hydrogens is 254 g/mol. The second kappa shape index (κ2) is 5.05. The van der Waals surface area contributed by atoms with Gasteiger partial charge in [-0.1, -0.05) is 0 Å². The summed E-state index contributed by atoms with van der Waals surface area (Å²) in [5.74, 6) is -0.482. The molecule has 5 nitrogen and oxygen atoms in total. The molecule has 0 fully saturated rings. The fourth-order valence-electron chi connectivity index (χ4n) is 1.51. The van der Waals surface area contributed by atoms with Gasteiger partial charge < -0.3 is 14.8 Å². The Bertz CT molecular complexity index is 571. The van der Waals surface area contributed by atoms with E-state index in [9.17, 15) is 9.59 Å². The first kappa shape index (κ1) is 12.4. The summed E-state index contributed by atoms with van der Waals surface area (Å²) in [4.78, 5) is 22.5. The summed E-state index contributed by atoms with van der Waals surface area (Å²) in [5.41, 5.74) is 0.705. The van der Waals surface area contributed by atoms with E-state index in [1.165, 1.54) is 17.4 Å². The van der Waals surface area contributed by atoms with Crippen LogP contribution in [-0.4, -0.2) is 17.0 Å². The normalized spacial score (nSPS) is 10.3. The van der Waals surface area contributed by atoms with Gasteiger partial charge in [0.1, 0.15) is 17.1 Å². The molecule has 0 radical (unpaired) electrons. The van der Waals surface area contributed by atoms with E-state index in [0.717, 1.165) is 0 Å². The molecule has 0 saturated carbocycles. The molecule has 0 aliphatic rings. The highest BCUT2D eigenvalue weighted by molar-refractivity contribution is 7.08. The number of amides is 1. The lowest BCUT2D eigenvalue weighted by Gasteiger charge is -2.00. The van der Waals surface area contributed by atoms with Gasteiger partial charge in [0.15, 0.2) is 0 Å². The first-order valence-corrected chi connectivity index (χ1v) is 6.15. The van der Waals surface area contributed by atoms with E-state index in [0.29, 0.717) is 17.1 Å². The van der Waals surface area contributed by atoms with Crippen molar-refractivity contribution in [3.63, 3.8) is 0 Å². The molecule has 0 aliphatic carbocycles. The van der Waals surface area contributed by atoms with Gasteiger partial charge in [0.2, 0.25) is 0 Å². The number of aromatic carboxylic acids is 1. The van der Waals surface area contributed by atoms with Gasteiger partial charge in [0.05, 0.1) is 6.54 Å². The maximum Gasteiger partial charge on any atom is 0.339 e. The van der Waals surface area contributed by atoms with Crippen LogP contribution in [0.4, 0.5) is 0 Å². The second-order valence-corrected chi connectivity index (χ2v) is 4.46. The Labute approximate surface area is 107 Å². The molecule has 2 heterocycles. The lowest BCUT2D eigenvalue weighted by atomic mass is 10.2. The molecule has 0 unspecified atom stereocenters. The van der Waals surface area contributed by atoms with Crippen molar-refractivity contribution in [1.82, 2.24) is 5.32 Å². The van der Waals surface area contributed by atoms with Crippen LogP contribution >= 0.6 is 11.3 Å². The number of carboxylic acids is 1. The summed E-state index contributed by atoms with van der Waals surface area (Å²) in [5, 5.41) is 15.1. The van der Waals surface area contributed by atoms with Crippen molar-refractivity contribution in [2.75, 3.05) is 0 Å². The maximum atomic E-state index is 11.6. The summed E-state index contributed by atoms with van der Waals surface area (Å²) in [6, 6.07) is 3.14. The predicted octanol–water partition coefficient (Wildman–Crippen LogP) is 2.28. The number of nitrogens with one attached hydrogen (secondary N) is 1. The molecule has 2 aromatic heterocycles. The fourth-order valence-corrected chi connectivity index (χ4v) is 2.14. The monoisotopic (exact) mass is 265 g/mol. The number of furan rings is 1. The van der Waals surface area contributed by atoms with Crippen molar-refractivity contribution in [3.05, 3.63) is 45.5 Å².